The molecule has 1 aromatic heterocycles. The lowest BCUT2D eigenvalue weighted by Crippen LogP contribution is -2.43. The maximum absolute atomic E-state index is 11.9. The van der Waals surface area contributed by atoms with Gasteiger partial charge in [-0.15, -0.1) is 11.8 Å². The number of aromatic nitrogens is 1. The summed E-state index contributed by atoms with van der Waals surface area (Å²) in [5.41, 5.74) is 0. The number of aryl methyl sites for hydroxylation is 1. The van der Waals surface area contributed by atoms with E-state index >= 15 is 0 Å². The highest BCUT2D eigenvalue weighted by atomic mass is 32.2. The van der Waals surface area contributed by atoms with Crippen molar-refractivity contribution >= 4 is 35.4 Å². The van der Waals surface area contributed by atoms with Crippen molar-refractivity contribution < 1.29 is 23.6 Å². The number of methoxy groups -OCH3 is 1. The zero-order valence-electron chi connectivity index (χ0n) is 14.3. The number of anilines is 1. The number of hydrogen-bond acceptors (Lipinski definition) is 7. The van der Waals surface area contributed by atoms with Crippen LogP contribution in [-0.2, 0) is 19.1 Å². The Morgan fingerprint density at radius 2 is 1.96 bits per heavy atom. The molecule has 0 aliphatic rings. The van der Waals surface area contributed by atoms with Crippen LogP contribution in [0.15, 0.2) is 10.6 Å². The fourth-order valence-corrected chi connectivity index (χ4v) is 2.53. The Kier molecular flexibility index (Phi) is 8.31. The molecule has 24 heavy (non-hydrogen) atoms. The molecule has 0 fully saturated rings. The fourth-order valence-electron chi connectivity index (χ4n) is 1.90. The van der Waals surface area contributed by atoms with Gasteiger partial charge in [0.05, 0.1) is 18.6 Å². The molecule has 1 unspecified atom stereocenters. The van der Waals surface area contributed by atoms with Crippen molar-refractivity contribution in [2.45, 2.75) is 33.2 Å². The van der Waals surface area contributed by atoms with Gasteiger partial charge < -0.3 is 19.9 Å². The van der Waals surface area contributed by atoms with Gasteiger partial charge in [-0.3, -0.25) is 9.59 Å². The van der Waals surface area contributed by atoms with Crippen molar-refractivity contribution in [3.8, 4) is 0 Å². The van der Waals surface area contributed by atoms with E-state index in [0.717, 1.165) is 11.8 Å². The van der Waals surface area contributed by atoms with E-state index in [0.29, 0.717) is 18.0 Å². The van der Waals surface area contributed by atoms with E-state index in [1.807, 2.05) is 13.8 Å². The molecule has 0 spiro atoms. The summed E-state index contributed by atoms with van der Waals surface area (Å²) in [6, 6.07) is 0.928. The lowest BCUT2D eigenvalue weighted by atomic mass is 10.0. The van der Waals surface area contributed by atoms with Gasteiger partial charge in [-0.05, 0) is 19.3 Å². The van der Waals surface area contributed by atoms with Gasteiger partial charge in [-0.25, -0.2) is 4.79 Å². The number of thioether (sulfide) groups is 1. The van der Waals surface area contributed by atoms with E-state index < -0.39 is 12.0 Å². The monoisotopic (exact) mass is 357 g/mol. The molecule has 0 saturated heterocycles. The van der Waals surface area contributed by atoms with Crippen molar-refractivity contribution in [1.29, 1.82) is 0 Å². The number of hydrogen-bond donors (Lipinski definition) is 2. The van der Waals surface area contributed by atoms with Crippen LogP contribution < -0.4 is 10.6 Å². The Balaban J connectivity index is 2.33. The van der Waals surface area contributed by atoms with Crippen molar-refractivity contribution in [1.82, 2.24) is 10.5 Å². The summed E-state index contributed by atoms with van der Waals surface area (Å²) < 4.78 is 9.52. The van der Waals surface area contributed by atoms with E-state index in [1.165, 1.54) is 7.11 Å². The minimum atomic E-state index is -0.671. The first-order chi connectivity index (χ1) is 11.3. The Bertz CT molecular complexity index is 573. The normalized spacial score (nSPS) is 11.9. The molecule has 1 atom stereocenters. The minimum Gasteiger partial charge on any atom is -0.467 e. The predicted molar refractivity (Wildman–Crippen MR) is 90.6 cm³/mol. The third kappa shape index (κ3) is 7.49. The summed E-state index contributed by atoms with van der Waals surface area (Å²) >= 11 is 1.14. The summed E-state index contributed by atoms with van der Waals surface area (Å²) in [5, 5.41) is 8.84. The zero-order chi connectivity index (χ0) is 18.1. The van der Waals surface area contributed by atoms with Gasteiger partial charge in [0.15, 0.2) is 5.82 Å². The first-order valence-electron chi connectivity index (χ1n) is 7.50. The number of rotatable bonds is 9. The average molecular weight is 357 g/mol. The van der Waals surface area contributed by atoms with Gasteiger partial charge in [-0.1, -0.05) is 19.0 Å². The topological polar surface area (TPSA) is 111 Å². The number of amides is 2. The largest absolute Gasteiger partial charge is 0.467 e. The maximum atomic E-state index is 11.9. The number of nitrogens with one attached hydrogen (secondary N) is 2. The molecule has 134 valence electrons. The molecule has 2 amide bonds. The Morgan fingerprint density at radius 1 is 1.29 bits per heavy atom. The van der Waals surface area contributed by atoms with Crippen LogP contribution in [0.3, 0.4) is 0 Å². The number of ether oxygens (including phenoxy) is 1. The highest BCUT2D eigenvalue weighted by Crippen LogP contribution is 2.09. The number of esters is 1. The summed E-state index contributed by atoms with van der Waals surface area (Å²) in [4.78, 5) is 35.3. The molecular weight excluding hydrogens is 334 g/mol. The van der Waals surface area contributed by atoms with Gasteiger partial charge in [-0.2, -0.15) is 0 Å². The van der Waals surface area contributed by atoms with Crippen LogP contribution in [0.25, 0.3) is 0 Å². The summed E-state index contributed by atoms with van der Waals surface area (Å²) in [6.45, 7) is 5.62. The molecule has 1 heterocycles. The van der Waals surface area contributed by atoms with E-state index in [-0.39, 0.29) is 29.2 Å². The van der Waals surface area contributed by atoms with Crippen LogP contribution in [0.5, 0.6) is 0 Å². The quantitative estimate of drug-likeness (QED) is 0.642. The summed E-state index contributed by atoms with van der Waals surface area (Å²) in [7, 11) is 1.28. The van der Waals surface area contributed by atoms with Crippen LogP contribution >= 0.6 is 11.8 Å². The Hall–Kier alpha value is -2.03. The van der Waals surface area contributed by atoms with Gasteiger partial charge >= 0.3 is 5.97 Å². The molecule has 1 rings (SSSR count). The van der Waals surface area contributed by atoms with Crippen LogP contribution in [0.1, 0.15) is 26.0 Å². The molecular formula is C15H23N3O5S. The standard InChI is InChI=1S/C15H23N3O5S/c1-9(2)5-11(15(21)22-4)16-13(19)7-24-8-14(20)17-12-6-10(3)23-18-12/h6,9,11H,5,7-8H2,1-4H3,(H,16,19)(H,17,18,20). The Labute approximate surface area is 145 Å². The highest BCUT2D eigenvalue weighted by Gasteiger charge is 2.22. The Morgan fingerprint density at radius 3 is 2.50 bits per heavy atom. The molecule has 0 saturated carbocycles. The third-order valence-electron chi connectivity index (χ3n) is 2.89. The molecule has 0 aliphatic heterocycles. The maximum Gasteiger partial charge on any atom is 0.328 e. The van der Waals surface area contributed by atoms with Crippen molar-refractivity contribution in [3.05, 3.63) is 11.8 Å². The van der Waals surface area contributed by atoms with E-state index in [9.17, 15) is 14.4 Å². The lowest BCUT2D eigenvalue weighted by molar-refractivity contribution is -0.145. The second-order valence-electron chi connectivity index (χ2n) is 5.64. The van der Waals surface area contributed by atoms with Gasteiger partial charge in [0.1, 0.15) is 11.8 Å². The molecule has 0 bridgehead atoms. The molecule has 0 aromatic carbocycles. The first-order valence-corrected chi connectivity index (χ1v) is 8.65. The summed E-state index contributed by atoms with van der Waals surface area (Å²) in [6.07, 6.45) is 0.495. The molecule has 8 nitrogen and oxygen atoms in total. The smallest absolute Gasteiger partial charge is 0.328 e. The summed E-state index contributed by atoms with van der Waals surface area (Å²) in [5.74, 6) is 0.249. The minimum absolute atomic E-state index is 0.0663. The van der Waals surface area contributed by atoms with Crippen molar-refractivity contribution in [2.24, 2.45) is 5.92 Å². The van der Waals surface area contributed by atoms with E-state index in [2.05, 4.69) is 20.5 Å². The van der Waals surface area contributed by atoms with Crippen molar-refractivity contribution in [3.63, 3.8) is 0 Å². The van der Waals surface area contributed by atoms with E-state index in [4.69, 9.17) is 4.52 Å². The SMILES string of the molecule is COC(=O)C(CC(C)C)NC(=O)CSCC(=O)Nc1cc(C)on1. The molecule has 0 radical (unpaired) electrons. The highest BCUT2D eigenvalue weighted by molar-refractivity contribution is 8.00. The zero-order valence-corrected chi connectivity index (χ0v) is 15.1. The van der Waals surface area contributed by atoms with Gasteiger partial charge in [0, 0.05) is 6.07 Å². The van der Waals surface area contributed by atoms with Crippen LogP contribution in [0.4, 0.5) is 5.82 Å². The lowest BCUT2D eigenvalue weighted by Gasteiger charge is -2.18. The second-order valence-corrected chi connectivity index (χ2v) is 6.62. The van der Waals surface area contributed by atoms with Crippen LogP contribution in [-0.4, -0.2) is 47.6 Å². The third-order valence-corrected chi connectivity index (χ3v) is 3.82. The number of carbonyl (C=O) groups is 3. The van der Waals surface area contributed by atoms with E-state index in [1.54, 1.807) is 13.0 Å². The average Bonchev–Trinajstić information content (AvgIpc) is 2.90. The molecule has 9 heteroatoms. The fraction of sp³-hybridized carbons (Fsp3) is 0.600. The van der Waals surface area contributed by atoms with Crippen LogP contribution in [0, 0.1) is 12.8 Å². The second kappa shape index (κ2) is 9.96. The van der Waals surface area contributed by atoms with Crippen LogP contribution in [0.2, 0.25) is 0 Å². The number of carbonyl (C=O) groups excluding carboxylic acids is 3. The van der Waals surface area contributed by atoms with Crippen molar-refractivity contribution in [2.75, 3.05) is 23.9 Å². The number of nitrogens with zero attached hydrogens (tertiary/aromatic N) is 1. The molecule has 2 N–H and O–H groups in total. The predicted octanol–water partition coefficient (Wildman–Crippen LogP) is 1.36. The van der Waals surface area contributed by atoms with Gasteiger partial charge in [0.25, 0.3) is 0 Å². The molecule has 1 aromatic rings. The first kappa shape index (κ1) is 20.0. The molecule has 0 aliphatic carbocycles. The van der Waals surface area contributed by atoms with Gasteiger partial charge in [0.2, 0.25) is 11.8 Å².